The number of rotatable bonds is 10. The van der Waals surface area contributed by atoms with Crippen molar-refractivity contribution in [1.29, 1.82) is 0 Å². The Kier molecular flexibility index (Phi) is 8.71. The molecule has 0 aliphatic heterocycles. The normalized spacial score (nSPS) is 11.3. The smallest absolute Gasteiger partial charge is 0.315 e. The summed E-state index contributed by atoms with van der Waals surface area (Å²) in [7, 11) is 3.03. The average Bonchev–Trinajstić information content (AvgIpc) is 3.03. The maximum Gasteiger partial charge on any atom is 0.315 e. The van der Waals surface area contributed by atoms with Gasteiger partial charge in [0.25, 0.3) is 5.56 Å². The van der Waals surface area contributed by atoms with Crippen molar-refractivity contribution in [3.05, 3.63) is 122 Å². The van der Waals surface area contributed by atoms with E-state index < -0.39 is 4.92 Å². The standard InChI is InChI=1S/C34H32N4O6/c1-21(2)26-18-27(22(3)15-30(26)42-4)33-36-28-14-10-9-13-25(28)34(39)37(33)35-19-24-16-29(38(40)41)32(31(17-24)43-5)44-20-23-11-7-6-8-12-23/h6-19,21H,20H2,1-5H3. The van der Waals surface area contributed by atoms with Gasteiger partial charge in [-0.3, -0.25) is 14.9 Å². The van der Waals surface area contributed by atoms with Gasteiger partial charge >= 0.3 is 5.69 Å². The minimum atomic E-state index is -0.538. The first-order valence-electron chi connectivity index (χ1n) is 14.0. The third kappa shape index (κ3) is 6.00. The number of hydrogen-bond acceptors (Lipinski definition) is 8. The maximum atomic E-state index is 13.8. The number of ether oxygens (including phenoxy) is 3. The van der Waals surface area contributed by atoms with Crippen LogP contribution >= 0.6 is 0 Å². The summed E-state index contributed by atoms with van der Waals surface area (Å²) in [5, 5.41) is 17.0. The molecule has 0 atom stereocenters. The lowest BCUT2D eigenvalue weighted by atomic mass is 9.96. The third-order valence-electron chi connectivity index (χ3n) is 7.22. The Balaban J connectivity index is 1.64. The first-order chi connectivity index (χ1) is 21.2. The van der Waals surface area contributed by atoms with Gasteiger partial charge in [0.05, 0.1) is 36.3 Å². The molecule has 0 bridgehead atoms. The van der Waals surface area contributed by atoms with Gasteiger partial charge in [-0.2, -0.15) is 9.78 Å². The minimum absolute atomic E-state index is 0.00111. The number of nitro groups is 1. The lowest BCUT2D eigenvalue weighted by Gasteiger charge is -2.17. The van der Waals surface area contributed by atoms with Gasteiger partial charge in [-0.15, -0.1) is 0 Å². The molecule has 44 heavy (non-hydrogen) atoms. The van der Waals surface area contributed by atoms with Gasteiger partial charge in [-0.05, 0) is 59.9 Å². The van der Waals surface area contributed by atoms with Crippen LogP contribution in [-0.4, -0.2) is 35.0 Å². The molecule has 10 nitrogen and oxygen atoms in total. The summed E-state index contributed by atoms with van der Waals surface area (Å²) in [5.74, 6) is 1.38. The van der Waals surface area contributed by atoms with E-state index in [0.717, 1.165) is 22.4 Å². The molecule has 0 amide bonds. The molecule has 0 spiro atoms. The van der Waals surface area contributed by atoms with Crippen molar-refractivity contribution in [3.8, 4) is 28.6 Å². The second-order valence-corrected chi connectivity index (χ2v) is 10.5. The van der Waals surface area contributed by atoms with Crippen LogP contribution in [0.15, 0.2) is 88.8 Å². The van der Waals surface area contributed by atoms with E-state index >= 15 is 0 Å². The number of nitro benzene ring substituents is 1. The van der Waals surface area contributed by atoms with Crippen LogP contribution in [0.25, 0.3) is 22.3 Å². The summed E-state index contributed by atoms with van der Waals surface area (Å²) < 4.78 is 18.2. The Morgan fingerprint density at radius 3 is 2.36 bits per heavy atom. The summed E-state index contributed by atoms with van der Waals surface area (Å²) in [4.78, 5) is 30.2. The SMILES string of the molecule is COc1cc(C)c(-c2nc3ccccc3c(=O)n2N=Cc2cc(OC)c(OCc3ccccc3)c([N+](=O)[O-])c2)cc1C(C)C. The lowest BCUT2D eigenvalue weighted by molar-refractivity contribution is -0.386. The molecule has 5 rings (SSSR count). The summed E-state index contributed by atoms with van der Waals surface area (Å²) in [6.07, 6.45) is 1.38. The van der Waals surface area contributed by atoms with Crippen LogP contribution in [0.2, 0.25) is 0 Å². The fourth-order valence-corrected chi connectivity index (χ4v) is 4.94. The van der Waals surface area contributed by atoms with Crippen molar-refractivity contribution in [2.24, 2.45) is 5.10 Å². The van der Waals surface area contributed by atoms with Crippen LogP contribution in [0.4, 0.5) is 5.69 Å². The molecule has 0 radical (unpaired) electrons. The molecule has 1 heterocycles. The van der Waals surface area contributed by atoms with Crippen LogP contribution in [-0.2, 0) is 6.61 Å². The number of aryl methyl sites for hydroxylation is 1. The molecule has 0 aliphatic rings. The van der Waals surface area contributed by atoms with E-state index in [4.69, 9.17) is 19.2 Å². The highest BCUT2D eigenvalue weighted by molar-refractivity contribution is 5.84. The Morgan fingerprint density at radius 2 is 1.68 bits per heavy atom. The third-order valence-corrected chi connectivity index (χ3v) is 7.22. The van der Waals surface area contributed by atoms with E-state index in [1.54, 1.807) is 31.4 Å². The first kappa shape index (κ1) is 30.0. The lowest BCUT2D eigenvalue weighted by Crippen LogP contribution is -2.21. The van der Waals surface area contributed by atoms with Gasteiger partial charge in [0, 0.05) is 17.2 Å². The minimum Gasteiger partial charge on any atom is -0.496 e. The zero-order valence-electron chi connectivity index (χ0n) is 25.1. The van der Waals surface area contributed by atoms with E-state index in [0.29, 0.717) is 27.9 Å². The van der Waals surface area contributed by atoms with E-state index in [1.807, 2.05) is 55.5 Å². The van der Waals surface area contributed by atoms with Gasteiger partial charge in [0.15, 0.2) is 11.6 Å². The van der Waals surface area contributed by atoms with E-state index in [2.05, 4.69) is 18.9 Å². The first-order valence-corrected chi connectivity index (χ1v) is 14.0. The topological polar surface area (TPSA) is 118 Å². The van der Waals surface area contributed by atoms with Crippen LogP contribution in [0, 0.1) is 17.0 Å². The van der Waals surface area contributed by atoms with Crippen LogP contribution < -0.4 is 19.8 Å². The van der Waals surface area contributed by atoms with Crippen molar-refractivity contribution in [3.63, 3.8) is 0 Å². The van der Waals surface area contributed by atoms with Crippen LogP contribution in [0.5, 0.6) is 17.2 Å². The number of fused-ring (bicyclic) bond motifs is 1. The summed E-state index contributed by atoms with van der Waals surface area (Å²) >= 11 is 0. The van der Waals surface area contributed by atoms with Crippen molar-refractivity contribution in [2.75, 3.05) is 14.2 Å². The molecular formula is C34H32N4O6. The van der Waals surface area contributed by atoms with Gasteiger partial charge < -0.3 is 14.2 Å². The summed E-state index contributed by atoms with van der Waals surface area (Å²) in [6.45, 7) is 6.15. The number of aromatic nitrogens is 2. The Bertz CT molecular complexity index is 1930. The van der Waals surface area contributed by atoms with Gasteiger partial charge in [0.1, 0.15) is 12.4 Å². The predicted octanol–water partition coefficient (Wildman–Crippen LogP) is 6.88. The van der Waals surface area contributed by atoms with Crippen molar-refractivity contribution < 1.29 is 19.1 Å². The number of nitrogens with zero attached hydrogens (tertiary/aromatic N) is 4. The van der Waals surface area contributed by atoms with Crippen LogP contribution in [0.3, 0.4) is 0 Å². The molecule has 5 aromatic rings. The maximum absolute atomic E-state index is 13.8. The molecule has 0 N–H and O–H groups in total. The van der Waals surface area contributed by atoms with E-state index in [1.165, 1.54) is 24.1 Å². The summed E-state index contributed by atoms with van der Waals surface area (Å²) in [5.41, 5.74) is 3.54. The quantitative estimate of drug-likeness (QED) is 0.0985. The molecule has 10 heteroatoms. The average molecular weight is 593 g/mol. The number of hydrogen-bond donors (Lipinski definition) is 0. The highest BCUT2D eigenvalue weighted by Crippen LogP contribution is 2.39. The monoisotopic (exact) mass is 592 g/mol. The molecule has 1 aromatic heterocycles. The highest BCUT2D eigenvalue weighted by Gasteiger charge is 2.23. The second-order valence-electron chi connectivity index (χ2n) is 10.5. The molecule has 0 unspecified atom stereocenters. The van der Waals surface area contributed by atoms with E-state index in [9.17, 15) is 14.9 Å². The number of methoxy groups -OCH3 is 2. The zero-order chi connectivity index (χ0) is 31.4. The second kappa shape index (κ2) is 12.8. The summed E-state index contributed by atoms with van der Waals surface area (Å²) in [6, 6.07) is 23.2. The fourth-order valence-electron chi connectivity index (χ4n) is 4.94. The zero-order valence-corrected chi connectivity index (χ0v) is 25.1. The molecule has 0 saturated heterocycles. The van der Waals surface area contributed by atoms with Gasteiger partial charge in [-0.25, -0.2) is 4.98 Å². The van der Waals surface area contributed by atoms with Crippen molar-refractivity contribution in [1.82, 2.24) is 9.66 Å². The van der Waals surface area contributed by atoms with Crippen molar-refractivity contribution in [2.45, 2.75) is 33.3 Å². The molecule has 4 aromatic carbocycles. The number of benzene rings is 4. The van der Waals surface area contributed by atoms with Gasteiger partial charge in [-0.1, -0.05) is 56.3 Å². The van der Waals surface area contributed by atoms with Crippen molar-refractivity contribution >= 4 is 22.8 Å². The molecular weight excluding hydrogens is 560 g/mol. The predicted molar refractivity (Wildman–Crippen MR) is 170 cm³/mol. The largest absolute Gasteiger partial charge is 0.496 e. The molecule has 0 aliphatic carbocycles. The highest BCUT2D eigenvalue weighted by atomic mass is 16.6. The molecule has 0 fully saturated rings. The van der Waals surface area contributed by atoms with Gasteiger partial charge in [0.2, 0.25) is 5.75 Å². The number of para-hydroxylation sites is 1. The van der Waals surface area contributed by atoms with E-state index in [-0.39, 0.29) is 35.3 Å². The Morgan fingerprint density at radius 1 is 0.977 bits per heavy atom. The fraction of sp³-hybridized carbons (Fsp3) is 0.206. The Labute approximate surface area is 254 Å². The molecule has 224 valence electrons. The molecule has 0 saturated carbocycles. The van der Waals surface area contributed by atoms with Crippen LogP contribution in [0.1, 0.15) is 42.0 Å². The Hall–Kier alpha value is -5.51.